The number of hydrogen-bond acceptors (Lipinski definition) is 0. The lowest BCUT2D eigenvalue weighted by atomic mass is 9.92. The van der Waals surface area contributed by atoms with E-state index in [1.165, 1.54) is 64.5 Å². The van der Waals surface area contributed by atoms with Crippen molar-refractivity contribution in [1.82, 2.24) is 0 Å². The van der Waals surface area contributed by atoms with Gasteiger partial charge in [-0.2, -0.15) is 4.57 Å². The van der Waals surface area contributed by atoms with E-state index in [0.717, 1.165) is 12.3 Å². The van der Waals surface area contributed by atoms with Crippen molar-refractivity contribution in [3.8, 4) is 11.3 Å². The number of fused-ring (bicyclic) bond motifs is 1. The molecule has 0 saturated heterocycles. The van der Waals surface area contributed by atoms with Gasteiger partial charge in [-0.1, -0.05) is 38.0 Å². The van der Waals surface area contributed by atoms with Crippen LogP contribution >= 0.6 is 0 Å². The number of benzene rings is 2. The summed E-state index contributed by atoms with van der Waals surface area (Å²) in [4.78, 5) is 0. The number of aromatic nitrogens is 1. The molecule has 1 fully saturated rings. The molecule has 128 valence electrons. The average Bonchev–Trinajstić information content (AvgIpc) is 3.17. The fourth-order valence-electron chi connectivity index (χ4n) is 4.35. The van der Waals surface area contributed by atoms with Crippen molar-refractivity contribution >= 4 is 10.9 Å². The maximum atomic E-state index is 2.45. The molecule has 25 heavy (non-hydrogen) atoms. The van der Waals surface area contributed by atoms with Gasteiger partial charge in [0.15, 0.2) is 0 Å². The smallest absolute Gasteiger partial charge is 0.194 e. The molecule has 1 aliphatic carbocycles. The maximum Gasteiger partial charge on any atom is 0.213 e. The van der Waals surface area contributed by atoms with E-state index < -0.39 is 0 Å². The topological polar surface area (TPSA) is 3.88 Å². The molecular weight excluding hydrogens is 302 g/mol. The summed E-state index contributed by atoms with van der Waals surface area (Å²) in [6.45, 7) is 4.46. The van der Waals surface area contributed by atoms with Gasteiger partial charge in [-0.25, -0.2) is 0 Å². The lowest BCUT2D eigenvalue weighted by molar-refractivity contribution is -0.633. The molecule has 0 spiro atoms. The standard InChI is InChI=1S/C24H28N/c1-4-18-10-12-20-13-14-23(25(3)24(20)15-18)22-16-21(11-9-17(22)2)19-7-5-6-8-19/h9-16,19H,4-8H2,1-3H3/q+1. The van der Waals surface area contributed by atoms with Gasteiger partial charge in [0.2, 0.25) is 11.2 Å². The highest BCUT2D eigenvalue weighted by Gasteiger charge is 2.21. The van der Waals surface area contributed by atoms with Crippen LogP contribution in [0.15, 0.2) is 48.5 Å². The number of nitrogens with zero attached hydrogens (tertiary/aromatic N) is 1. The monoisotopic (exact) mass is 330 g/mol. The van der Waals surface area contributed by atoms with Crippen molar-refractivity contribution in [2.45, 2.75) is 51.9 Å². The first-order valence-electron chi connectivity index (χ1n) is 9.70. The fraction of sp³-hybridized carbons (Fsp3) is 0.375. The summed E-state index contributed by atoms with van der Waals surface area (Å²) >= 11 is 0. The molecule has 1 heterocycles. The Labute approximate surface area is 151 Å². The Morgan fingerprint density at radius 2 is 1.72 bits per heavy atom. The predicted molar refractivity (Wildman–Crippen MR) is 106 cm³/mol. The van der Waals surface area contributed by atoms with Crippen LogP contribution in [0.1, 0.15) is 55.2 Å². The van der Waals surface area contributed by atoms with Crippen LogP contribution in [-0.4, -0.2) is 0 Å². The van der Waals surface area contributed by atoms with Gasteiger partial charge >= 0.3 is 0 Å². The Kier molecular flexibility index (Phi) is 4.33. The molecule has 0 aliphatic heterocycles. The summed E-state index contributed by atoms with van der Waals surface area (Å²) in [5.41, 5.74) is 8.32. The molecular formula is C24H28N+. The molecule has 0 bridgehead atoms. The first-order valence-corrected chi connectivity index (χ1v) is 9.70. The second-order valence-corrected chi connectivity index (χ2v) is 7.58. The normalized spacial score (nSPS) is 15.2. The van der Waals surface area contributed by atoms with Crippen LogP contribution in [0.3, 0.4) is 0 Å². The molecule has 1 heteroatoms. The largest absolute Gasteiger partial charge is 0.213 e. The first kappa shape index (κ1) is 16.3. The van der Waals surface area contributed by atoms with Crippen LogP contribution in [-0.2, 0) is 13.5 Å². The molecule has 4 rings (SSSR count). The highest BCUT2D eigenvalue weighted by Crippen LogP contribution is 2.36. The van der Waals surface area contributed by atoms with E-state index >= 15 is 0 Å². The number of aryl methyl sites for hydroxylation is 3. The van der Waals surface area contributed by atoms with Crippen molar-refractivity contribution in [2.75, 3.05) is 0 Å². The third kappa shape index (κ3) is 2.97. The SMILES string of the molecule is CCc1ccc2ccc(-c3cc(C4CCCC4)ccc3C)[n+](C)c2c1. The zero-order valence-corrected chi connectivity index (χ0v) is 15.7. The van der Waals surface area contributed by atoms with Crippen molar-refractivity contribution < 1.29 is 4.57 Å². The molecule has 1 aliphatic rings. The zero-order chi connectivity index (χ0) is 17.4. The minimum Gasteiger partial charge on any atom is -0.194 e. The lowest BCUT2D eigenvalue weighted by Crippen LogP contribution is -2.32. The second kappa shape index (κ2) is 6.63. The molecule has 1 nitrogen and oxygen atoms in total. The Hall–Kier alpha value is -2.15. The van der Waals surface area contributed by atoms with Gasteiger partial charge in [0, 0.05) is 23.1 Å². The summed E-state index contributed by atoms with van der Waals surface area (Å²) in [7, 11) is 2.21. The van der Waals surface area contributed by atoms with Gasteiger partial charge < -0.3 is 0 Å². The molecule has 1 saturated carbocycles. The van der Waals surface area contributed by atoms with E-state index in [9.17, 15) is 0 Å². The number of rotatable bonds is 3. The molecule has 0 radical (unpaired) electrons. The first-order chi connectivity index (χ1) is 12.2. The van der Waals surface area contributed by atoms with Gasteiger partial charge in [-0.05, 0) is 67.0 Å². The van der Waals surface area contributed by atoms with Crippen molar-refractivity contribution in [3.05, 3.63) is 65.2 Å². The van der Waals surface area contributed by atoms with Crippen LogP contribution in [0, 0.1) is 6.92 Å². The van der Waals surface area contributed by atoms with Gasteiger partial charge in [-0.3, -0.25) is 0 Å². The highest BCUT2D eigenvalue weighted by molar-refractivity contribution is 5.78. The van der Waals surface area contributed by atoms with E-state index in [1.54, 1.807) is 0 Å². The number of pyridine rings is 1. The minimum atomic E-state index is 0.761. The van der Waals surface area contributed by atoms with Crippen LogP contribution < -0.4 is 4.57 Å². The highest BCUT2D eigenvalue weighted by atomic mass is 14.9. The number of hydrogen-bond donors (Lipinski definition) is 0. The fourth-order valence-corrected chi connectivity index (χ4v) is 4.35. The van der Waals surface area contributed by atoms with Crippen molar-refractivity contribution in [3.63, 3.8) is 0 Å². The van der Waals surface area contributed by atoms with Crippen molar-refractivity contribution in [2.24, 2.45) is 7.05 Å². The van der Waals surface area contributed by atoms with Gasteiger partial charge in [-0.15, -0.1) is 0 Å². The average molecular weight is 330 g/mol. The van der Waals surface area contributed by atoms with E-state index in [4.69, 9.17) is 0 Å². The van der Waals surface area contributed by atoms with Gasteiger partial charge in [0.05, 0.1) is 0 Å². The Morgan fingerprint density at radius 1 is 0.960 bits per heavy atom. The molecule has 0 atom stereocenters. The van der Waals surface area contributed by atoms with Crippen LogP contribution in [0.2, 0.25) is 0 Å². The van der Waals surface area contributed by atoms with E-state index in [2.05, 4.69) is 74.0 Å². The lowest BCUT2D eigenvalue weighted by Gasteiger charge is -2.13. The third-order valence-electron chi connectivity index (χ3n) is 6.01. The van der Waals surface area contributed by atoms with Crippen molar-refractivity contribution in [1.29, 1.82) is 0 Å². The summed E-state index contributed by atoms with van der Waals surface area (Å²) < 4.78 is 2.37. The quantitative estimate of drug-likeness (QED) is 0.530. The minimum absolute atomic E-state index is 0.761. The molecule has 3 aromatic rings. The predicted octanol–water partition coefficient (Wildman–Crippen LogP) is 5.86. The van der Waals surface area contributed by atoms with Gasteiger partial charge in [0.25, 0.3) is 0 Å². The molecule has 0 unspecified atom stereocenters. The third-order valence-corrected chi connectivity index (χ3v) is 6.01. The molecule has 1 aromatic heterocycles. The molecule has 0 amide bonds. The summed E-state index contributed by atoms with van der Waals surface area (Å²) in [6.07, 6.45) is 6.56. The van der Waals surface area contributed by atoms with Crippen LogP contribution in [0.4, 0.5) is 0 Å². The van der Waals surface area contributed by atoms with Crippen LogP contribution in [0.25, 0.3) is 22.2 Å². The Morgan fingerprint density at radius 3 is 2.48 bits per heavy atom. The zero-order valence-electron chi connectivity index (χ0n) is 15.7. The van der Waals surface area contributed by atoms with E-state index in [0.29, 0.717) is 0 Å². The summed E-state index contributed by atoms with van der Waals surface area (Å²) in [5, 5.41) is 1.31. The Bertz CT molecular complexity index is 917. The molecule has 0 N–H and O–H groups in total. The van der Waals surface area contributed by atoms with E-state index in [-0.39, 0.29) is 0 Å². The summed E-state index contributed by atoms with van der Waals surface area (Å²) in [5.74, 6) is 0.761. The molecule has 2 aromatic carbocycles. The summed E-state index contributed by atoms with van der Waals surface area (Å²) in [6, 6.07) is 18.5. The maximum absolute atomic E-state index is 2.45. The van der Waals surface area contributed by atoms with E-state index in [1.807, 2.05) is 0 Å². The second-order valence-electron chi connectivity index (χ2n) is 7.58. The van der Waals surface area contributed by atoms with Gasteiger partial charge in [0.1, 0.15) is 7.05 Å². The van der Waals surface area contributed by atoms with Crippen LogP contribution in [0.5, 0.6) is 0 Å². The Balaban J connectivity index is 1.86.